The van der Waals surface area contributed by atoms with Gasteiger partial charge in [0.2, 0.25) is 0 Å². The van der Waals surface area contributed by atoms with Gasteiger partial charge in [0.15, 0.2) is 5.11 Å². The first-order valence-electron chi connectivity index (χ1n) is 9.57. The minimum Gasteiger partial charge on any atom is -0.490 e. The van der Waals surface area contributed by atoms with Gasteiger partial charge < -0.3 is 24.1 Å². The van der Waals surface area contributed by atoms with Crippen molar-refractivity contribution in [3.8, 4) is 5.75 Å². The Hall–Kier alpha value is -2.61. The van der Waals surface area contributed by atoms with E-state index in [9.17, 15) is 0 Å². The van der Waals surface area contributed by atoms with Gasteiger partial charge in [-0.3, -0.25) is 4.98 Å². The lowest BCUT2D eigenvalue weighted by molar-refractivity contribution is 0.146. The molecule has 2 atom stereocenters. The number of nitrogens with one attached hydrogen (secondary N) is 1. The Balaban J connectivity index is 1.70. The van der Waals surface area contributed by atoms with E-state index in [1.807, 2.05) is 60.4 Å². The van der Waals surface area contributed by atoms with Gasteiger partial charge in [0.25, 0.3) is 0 Å². The van der Waals surface area contributed by atoms with Crippen molar-refractivity contribution < 1.29 is 13.9 Å². The summed E-state index contributed by atoms with van der Waals surface area (Å²) in [6.07, 6.45) is 1.77. The Morgan fingerprint density at radius 2 is 2.07 bits per heavy atom. The maximum absolute atomic E-state index is 6.49. The molecule has 3 heterocycles. The van der Waals surface area contributed by atoms with Gasteiger partial charge in [0.05, 0.1) is 23.4 Å². The van der Waals surface area contributed by atoms with Crippen LogP contribution >= 0.6 is 23.8 Å². The topological polar surface area (TPSA) is 59.8 Å². The lowest BCUT2D eigenvalue weighted by atomic mass is 10.0. The van der Waals surface area contributed by atoms with Crippen LogP contribution in [-0.2, 0) is 4.74 Å². The van der Waals surface area contributed by atoms with Gasteiger partial charge in [-0.05, 0) is 61.6 Å². The molecular formula is C22H22ClN3O3S. The maximum atomic E-state index is 6.49. The van der Waals surface area contributed by atoms with Gasteiger partial charge in [-0.15, -0.1) is 0 Å². The molecule has 156 valence electrons. The summed E-state index contributed by atoms with van der Waals surface area (Å²) >= 11 is 12.2. The molecule has 0 spiro atoms. The summed E-state index contributed by atoms with van der Waals surface area (Å²) in [5.41, 5.74) is 1.72. The van der Waals surface area contributed by atoms with Crippen LogP contribution in [0, 0.1) is 6.92 Å². The van der Waals surface area contributed by atoms with Gasteiger partial charge in [0.1, 0.15) is 29.9 Å². The number of anilines is 1. The average molecular weight is 444 g/mol. The third-order valence-corrected chi connectivity index (χ3v) is 5.50. The predicted octanol–water partition coefficient (Wildman–Crippen LogP) is 4.84. The van der Waals surface area contributed by atoms with E-state index in [1.54, 1.807) is 13.3 Å². The Kier molecular flexibility index (Phi) is 6.22. The lowest BCUT2D eigenvalue weighted by Gasteiger charge is -2.26. The summed E-state index contributed by atoms with van der Waals surface area (Å²) in [5.74, 6) is 2.23. The molecular weight excluding hydrogens is 422 g/mol. The third-order valence-electron chi connectivity index (χ3n) is 4.89. The summed E-state index contributed by atoms with van der Waals surface area (Å²) in [6, 6.07) is 15.0. The highest BCUT2D eigenvalue weighted by Gasteiger charge is 2.42. The molecule has 30 heavy (non-hydrogen) atoms. The summed E-state index contributed by atoms with van der Waals surface area (Å²) in [7, 11) is 1.63. The van der Waals surface area contributed by atoms with Crippen LogP contribution in [0.5, 0.6) is 5.75 Å². The highest BCUT2D eigenvalue weighted by atomic mass is 35.5. The van der Waals surface area contributed by atoms with Crippen LogP contribution in [0.25, 0.3) is 0 Å². The second-order valence-electron chi connectivity index (χ2n) is 6.90. The summed E-state index contributed by atoms with van der Waals surface area (Å²) in [4.78, 5) is 6.54. The van der Waals surface area contributed by atoms with Crippen LogP contribution in [0.15, 0.2) is 59.1 Å². The molecule has 0 amide bonds. The van der Waals surface area contributed by atoms with E-state index in [0.29, 0.717) is 29.1 Å². The second kappa shape index (κ2) is 9.04. The average Bonchev–Trinajstić information content (AvgIpc) is 3.33. The molecule has 0 saturated carbocycles. The second-order valence-corrected chi connectivity index (χ2v) is 7.69. The van der Waals surface area contributed by atoms with Gasteiger partial charge in [0, 0.05) is 19.0 Å². The molecule has 4 rings (SSSR count). The van der Waals surface area contributed by atoms with Gasteiger partial charge >= 0.3 is 0 Å². The number of pyridine rings is 1. The first-order valence-corrected chi connectivity index (χ1v) is 10.4. The van der Waals surface area contributed by atoms with Gasteiger partial charge in [-0.25, -0.2) is 0 Å². The highest BCUT2D eigenvalue weighted by molar-refractivity contribution is 7.80. The number of rotatable bonds is 7. The largest absolute Gasteiger partial charge is 0.490 e. The van der Waals surface area contributed by atoms with E-state index in [-0.39, 0.29) is 12.1 Å². The standard InChI is InChI=1S/C22H22ClN3O3S/c1-14-6-8-19(29-14)21-20(17-5-3-4-10-24-17)25-22(30)26(21)15-7-9-18(16(23)13-15)28-12-11-27-2/h3-10,13,20-21H,11-12H2,1-2H3,(H,25,30). The minimum atomic E-state index is -0.211. The number of benzene rings is 1. The molecule has 2 aromatic heterocycles. The van der Waals surface area contributed by atoms with Crippen LogP contribution < -0.4 is 15.0 Å². The molecule has 1 aliphatic heterocycles. The Morgan fingerprint density at radius 3 is 2.73 bits per heavy atom. The van der Waals surface area contributed by atoms with E-state index < -0.39 is 0 Å². The van der Waals surface area contributed by atoms with E-state index in [1.165, 1.54) is 0 Å². The summed E-state index contributed by atoms with van der Waals surface area (Å²) in [6.45, 7) is 2.84. The fraction of sp³-hybridized carbons (Fsp3) is 0.273. The number of halogens is 1. The molecule has 3 aromatic rings. The van der Waals surface area contributed by atoms with Crippen molar-refractivity contribution in [3.63, 3.8) is 0 Å². The number of nitrogens with zero attached hydrogens (tertiary/aromatic N) is 2. The van der Waals surface area contributed by atoms with Crippen molar-refractivity contribution in [3.05, 3.63) is 77.0 Å². The van der Waals surface area contributed by atoms with Crippen molar-refractivity contribution in [1.82, 2.24) is 10.3 Å². The molecule has 1 aromatic carbocycles. The molecule has 1 aliphatic rings. The number of hydrogen-bond donors (Lipinski definition) is 1. The zero-order chi connectivity index (χ0) is 21.1. The number of thiocarbonyl (C=S) groups is 1. The highest BCUT2D eigenvalue weighted by Crippen LogP contribution is 2.43. The molecule has 0 aliphatic carbocycles. The molecule has 0 radical (unpaired) electrons. The van der Waals surface area contributed by atoms with Gasteiger partial charge in [-0.2, -0.15) is 0 Å². The van der Waals surface area contributed by atoms with Crippen LogP contribution in [0.1, 0.15) is 29.3 Å². The molecule has 2 unspecified atom stereocenters. The van der Waals surface area contributed by atoms with Crippen LogP contribution in [0.3, 0.4) is 0 Å². The molecule has 8 heteroatoms. The minimum absolute atomic E-state index is 0.166. The van der Waals surface area contributed by atoms with Crippen LogP contribution in [-0.4, -0.2) is 30.4 Å². The van der Waals surface area contributed by atoms with Crippen molar-refractivity contribution in [2.75, 3.05) is 25.2 Å². The zero-order valence-electron chi connectivity index (χ0n) is 16.7. The van der Waals surface area contributed by atoms with E-state index >= 15 is 0 Å². The first-order chi connectivity index (χ1) is 14.6. The van der Waals surface area contributed by atoms with Crippen molar-refractivity contribution in [2.45, 2.75) is 19.0 Å². The Bertz CT molecular complexity index is 1030. The first kappa shape index (κ1) is 20.7. The molecule has 6 nitrogen and oxygen atoms in total. The Labute approximate surface area is 185 Å². The smallest absolute Gasteiger partial charge is 0.174 e. The molecule has 1 fully saturated rings. The number of hydrogen-bond acceptors (Lipinski definition) is 5. The summed E-state index contributed by atoms with van der Waals surface area (Å²) in [5, 5.41) is 4.48. The quantitative estimate of drug-likeness (QED) is 0.414. The monoisotopic (exact) mass is 443 g/mol. The molecule has 0 bridgehead atoms. The van der Waals surface area contributed by atoms with Crippen LogP contribution in [0.2, 0.25) is 5.02 Å². The number of methoxy groups -OCH3 is 1. The normalized spacial score (nSPS) is 18.5. The van der Waals surface area contributed by atoms with E-state index in [2.05, 4.69) is 10.3 Å². The maximum Gasteiger partial charge on any atom is 0.174 e. The molecule has 1 N–H and O–H groups in total. The predicted molar refractivity (Wildman–Crippen MR) is 120 cm³/mol. The van der Waals surface area contributed by atoms with Crippen molar-refractivity contribution in [1.29, 1.82) is 0 Å². The van der Waals surface area contributed by atoms with Gasteiger partial charge in [-0.1, -0.05) is 17.7 Å². The fourth-order valence-electron chi connectivity index (χ4n) is 3.53. The molecule has 1 saturated heterocycles. The van der Waals surface area contributed by atoms with Crippen LogP contribution in [0.4, 0.5) is 5.69 Å². The number of ether oxygens (including phenoxy) is 2. The SMILES string of the molecule is COCCOc1ccc(N2C(=S)NC(c3ccccn3)C2c2ccc(C)o2)cc1Cl. The lowest BCUT2D eigenvalue weighted by Crippen LogP contribution is -2.29. The fourth-order valence-corrected chi connectivity index (χ4v) is 4.10. The summed E-state index contributed by atoms with van der Waals surface area (Å²) < 4.78 is 16.7. The van der Waals surface area contributed by atoms with E-state index in [4.69, 9.17) is 37.7 Å². The third kappa shape index (κ3) is 4.14. The Morgan fingerprint density at radius 1 is 1.20 bits per heavy atom. The number of furan rings is 1. The van der Waals surface area contributed by atoms with Crippen molar-refractivity contribution in [2.24, 2.45) is 0 Å². The van der Waals surface area contributed by atoms with Crippen molar-refractivity contribution >= 4 is 34.6 Å². The number of aromatic nitrogens is 1. The zero-order valence-corrected chi connectivity index (χ0v) is 18.2. The van der Waals surface area contributed by atoms with E-state index in [0.717, 1.165) is 22.9 Å². The number of aryl methyl sites for hydroxylation is 1.